The van der Waals surface area contributed by atoms with Gasteiger partial charge in [0.25, 0.3) is 0 Å². The van der Waals surface area contributed by atoms with Crippen LogP contribution in [0.25, 0.3) is 0 Å². The van der Waals surface area contributed by atoms with E-state index in [9.17, 15) is 0 Å². The van der Waals surface area contributed by atoms with Gasteiger partial charge >= 0.3 is 0 Å². The first-order chi connectivity index (χ1) is 9.97. The summed E-state index contributed by atoms with van der Waals surface area (Å²) in [5, 5.41) is 4.17. The predicted molar refractivity (Wildman–Crippen MR) is 91.8 cm³/mol. The summed E-state index contributed by atoms with van der Waals surface area (Å²) >= 11 is 2.08. The van der Waals surface area contributed by atoms with E-state index in [0.29, 0.717) is 17.2 Å². The Balaban J connectivity index is 1.92. The number of thioether (sulfide) groups is 1. The Bertz CT molecular complexity index is 444. The highest BCUT2D eigenvalue weighted by Crippen LogP contribution is 2.26. The molecule has 1 N–H and O–H groups in total. The van der Waals surface area contributed by atoms with Crippen LogP contribution in [0.3, 0.4) is 0 Å². The van der Waals surface area contributed by atoms with Gasteiger partial charge in [-0.2, -0.15) is 11.8 Å². The third-order valence-corrected chi connectivity index (χ3v) is 5.62. The van der Waals surface area contributed by atoms with Crippen LogP contribution in [0.5, 0.6) is 0 Å². The van der Waals surface area contributed by atoms with E-state index >= 15 is 0 Å². The van der Waals surface area contributed by atoms with E-state index in [4.69, 9.17) is 4.42 Å². The summed E-state index contributed by atoms with van der Waals surface area (Å²) in [4.78, 5) is 2.55. The minimum atomic E-state index is 0.622. The van der Waals surface area contributed by atoms with Gasteiger partial charge in [-0.3, -0.25) is 4.90 Å². The smallest absolute Gasteiger partial charge is 0.120 e. The molecule has 1 aliphatic rings. The van der Waals surface area contributed by atoms with Gasteiger partial charge in [0.2, 0.25) is 0 Å². The molecule has 2 unspecified atom stereocenters. The average Bonchev–Trinajstić information content (AvgIpc) is 2.75. The summed E-state index contributed by atoms with van der Waals surface area (Å²) in [7, 11) is 0. The quantitative estimate of drug-likeness (QED) is 0.868. The molecular formula is C17H30N2OS. The summed E-state index contributed by atoms with van der Waals surface area (Å²) in [6, 6.07) is 2.84. The number of nitrogens with one attached hydrogen (secondary N) is 1. The lowest BCUT2D eigenvalue weighted by molar-refractivity contribution is 0.187. The van der Waals surface area contributed by atoms with Gasteiger partial charge in [0.15, 0.2) is 0 Å². The number of hydrogen-bond acceptors (Lipinski definition) is 4. The number of hydrogen-bond donors (Lipinski definition) is 1. The van der Waals surface area contributed by atoms with E-state index in [1.165, 1.54) is 11.3 Å². The molecule has 0 amide bonds. The molecular weight excluding hydrogens is 280 g/mol. The van der Waals surface area contributed by atoms with Crippen LogP contribution in [0, 0.1) is 12.8 Å². The number of nitrogens with zero attached hydrogens (tertiary/aromatic N) is 1. The Morgan fingerprint density at radius 2 is 2.19 bits per heavy atom. The fourth-order valence-electron chi connectivity index (χ4n) is 2.74. The van der Waals surface area contributed by atoms with E-state index in [1.807, 2.05) is 0 Å². The third-order valence-electron chi connectivity index (χ3n) is 4.28. The van der Waals surface area contributed by atoms with Crippen molar-refractivity contribution >= 4 is 11.8 Å². The predicted octanol–water partition coefficient (Wildman–Crippen LogP) is 3.66. The second-order valence-corrected chi connectivity index (χ2v) is 8.12. The van der Waals surface area contributed by atoms with E-state index in [1.54, 1.807) is 0 Å². The first-order valence-corrected chi connectivity index (χ1v) is 9.16. The molecule has 21 heavy (non-hydrogen) atoms. The molecule has 1 aliphatic heterocycles. The van der Waals surface area contributed by atoms with Crippen LogP contribution < -0.4 is 5.32 Å². The van der Waals surface area contributed by atoms with Crippen LogP contribution in [0.15, 0.2) is 10.5 Å². The lowest BCUT2D eigenvalue weighted by Crippen LogP contribution is -2.43. The van der Waals surface area contributed by atoms with Crippen molar-refractivity contribution in [2.45, 2.75) is 59.0 Å². The van der Waals surface area contributed by atoms with Crippen molar-refractivity contribution in [2.24, 2.45) is 5.92 Å². The number of rotatable bonds is 6. The molecule has 2 rings (SSSR count). The molecule has 2 atom stereocenters. The van der Waals surface area contributed by atoms with Gasteiger partial charge in [0, 0.05) is 23.6 Å². The minimum absolute atomic E-state index is 0.622. The summed E-state index contributed by atoms with van der Waals surface area (Å²) in [6.45, 7) is 15.2. The Morgan fingerprint density at radius 1 is 1.43 bits per heavy atom. The third kappa shape index (κ3) is 4.76. The molecule has 0 radical (unpaired) electrons. The van der Waals surface area contributed by atoms with Gasteiger partial charge in [0.1, 0.15) is 11.5 Å². The molecule has 1 aromatic rings. The number of furan rings is 1. The van der Waals surface area contributed by atoms with Gasteiger partial charge in [-0.1, -0.05) is 20.8 Å². The standard InChI is InChI=1S/C17H30N2OS/c1-12(2)9-18-10-17-13(3)8-16(20-17)11-19-6-7-21-15(5)14(19)4/h8,12,14-15,18H,6-7,9-11H2,1-5H3. The van der Waals surface area contributed by atoms with Crippen LogP contribution in [0.4, 0.5) is 0 Å². The molecule has 120 valence electrons. The Morgan fingerprint density at radius 3 is 2.90 bits per heavy atom. The SMILES string of the molecule is Cc1cc(CN2CCSC(C)C2C)oc1CNCC(C)C. The van der Waals surface area contributed by atoms with Crippen molar-refractivity contribution in [2.75, 3.05) is 18.8 Å². The maximum Gasteiger partial charge on any atom is 0.120 e. The Kier molecular flexibility index (Phi) is 6.20. The van der Waals surface area contributed by atoms with Crippen LogP contribution >= 0.6 is 11.8 Å². The summed E-state index contributed by atoms with van der Waals surface area (Å²) < 4.78 is 6.07. The minimum Gasteiger partial charge on any atom is -0.463 e. The maximum absolute atomic E-state index is 6.07. The molecule has 2 heterocycles. The number of aryl methyl sites for hydroxylation is 1. The highest BCUT2D eigenvalue weighted by atomic mass is 32.2. The van der Waals surface area contributed by atoms with Crippen molar-refractivity contribution in [3.63, 3.8) is 0 Å². The average molecular weight is 311 g/mol. The Hall–Kier alpha value is -0.450. The maximum atomic E-state index is 6.07. The highest BCUT2D eigenvalue weighted by Gasteiger charge is 2.26. The zero-order chi connectivity index (χ0) is 15.4. The molecule has 0 bridgehead atoms. The van der Waals surface area contributed by atoms with E-state index < -0.39 is 0 Å². The molecule has 3 nitrogen and oxygen atoms in total. The van der Waals surface area contributed by atoms with Gasteiger partial charge in [-0.25, -0.2) is 0 Å². The summed E-state index contributed by atoms with van der Waals surface area (Å²) in [5.41, 5.74) is 1.27. The summed E-state index contributed by atoms with van der Waals surface area (Å²) in [5.74, 6) is 4.11. The van der Waals surface area contributed by atoms with Crippen molar-refractivity contribution in [1.29, 1.82) is 0 Å². The monoisotopic (exact) mass is 310 g/mol. The van der Waals surface area contributed by atoms with E-state index in [0.717, 1.165) is 37.7 Å². The lowest BCUT2D eigenvalue weighted by Gasteiger charge is -2.36. The molecule has 1 aromatic heterocycles. The molecule has 0 aliphatic carbocycles. The zero-order valence-electron chi connectivity index (χ0n) is 14.1. The second-order valence-electron chi connectivity index (χ2n) is 6.63. The molecule has 0 spiro atoms. The molecule has 0 saturated carbocycles. The highest BCUT2D eigenvalue weighted by molar-refractivity contribution is 8.00. The molecule has 1 saturated heterocycles. The first-order valence-electron chi connectivity index (χ1n) is 8.12. The van der Waals surface area contributed by atoms with Crippen molar-refractivity contribution < 1.29 is 4.42 Å². The molecule has 0 aromatic carbocycles. The summed E-state index contributed by atoms with van der Waals surface area (Å²) in [6.07, 6.45) is 0. The van der Waals surface area contributed by atoms with Crippen LogP contribution in [0.2, 0.25) is 0 Å². The van der Waals surface area contributed by atoms with Gasteiger partial charge in [-0.05, 0) is 37.9 Å². The fraction of sp³-hybridized carbons (Fsp3) is 0.765. The largest absolute Gasteiger partial charge is 0.463 e. The van der Waals surface area contributed by atoms with Crippen molar-refractivity contribution in [3.8, 4) is 0 Å². The van der Waals surface area contributed by atoms with E-state index in [2.05, 4.69) is 62.7 Å². The normalized spacial score (nSPS) is 23.9. The molecule has 1 fully saturated rings. The van der Waals surface area contributed by atoms with Gasteiger partial charge < -0.3 is 9.73 Å². The molecule has 4 heteroatoms. The topological polar surface area (TPSA) is 28.4 Å². The fourth-order valence-corrected chi connectivity index (χ4v) is 3.90. The van der Waals surface area contributed by atoms with Crippen LogP contribution in [-0.2, 0) is 13.1 Å². The zero-order valence-corrected chi connectivity index (χ0v) is 14.9. The van der Waals surface area contributed by atoms with Crippen LogP contribution in [-0.4, -0.2) is 35.0 Å². The lowest BCUT2D eigenvalue weighted by atomic mass is 10.2. The van der Waals surface area contributed by atoms with Gasteiger partial charge in [-0.15, -0.1) is 0 Å². The Labute approximate surface area is 133 Å². The van der Waals surface area contributed by atoms with Gasteiger partial charge in [0.05, 0.1) is 13.1 Å². The van der Waals surface area contributed by atoms with Crippen LogP contribution in [0.1, 0.15) is 44.8 Å². The van der Waals surface area contributed by atoms with Crippen molar-refractivity contribution in [1.82, 2.24) is 10.2 Å². The van der Waals surface area contributed by atoms with Crippen molar-refractivity contribution in [3.05, 3.63) is 23.2 Å². The van der Waals surface area contributed by atoms with E-state index in [-0.39, 0.29) is 0 Å². The first kappa shape index (κ1) is 16.9. The second kappa shape index (κ2) is 7.70.